The van der Waals surface area contributed by atoms with Crippen molar-refractivity contribution < 1.29 is 28.9 Å². The van der Waals surface area contributed by atoms with Gasteiger partial charge in [-0.15, -0.1) is 0 Å². The lowest BCUT2D eigenvalue weighted by atomic mass is 10.1. The predicted octanol–water partition coefficient (Wildman–Crippen LogP) is 2.36. The molecule has 0 saturated carbocycles. The van der Waals surface area contributed by atoms with E-state index in [-0.39, 0.29) is 23.1 Å². The van der Waals surface area contributed by atoms with Crippen LogP contribution in [0.25, 0.3) is 0 Å². The Kier molecular flexibility index (Phi) is 5.19. The zero-order chi connectivity index (χ0) is 15.3. The standard InChI is InChI=1S/C13H17NO6/c1-7(2)20-13(17)14-9-6-11(19-4)10(18-3)5-8(9)12(15)16/h5-7H,1-4H3,(H,14,17)(H,15,16). The molecule has 0 bridgehead atoms. The number of carbonyl (C=O) groups excluding carboxylic acids is 1. The lowest BCUT2D eigenvalue weighted by Gasteiger charge is -2.14. The van der Waals surface area contributed by atoms with E-state index >= 15 is 0 Å². The van der Waals surface area contributed by atoms with Crippen molar-refractivity contribution in [1.82, 2.24) is 0 Å². The maximum absolute atomic E-state index is 11.6. The molecule has 0 aliphatic heterocycles. The smallest absolute Gasteiger partial charge is 0.411 e. The molecule has 2 N–H and O–H groups in total. The quantitative estimate of drug-likeness (QED) is 0.861. The Labute approximate surface area is 116 Å². The number of carboxylic acids is 1. The minimum absolute atomic E-state index is 0.0702. The zero-order valence-corrected chi connectivity index (χ0v) is 11.7. The van der Waals surface area contributed by atoms with E-state index in [0.717, 1.165) is 0 Å². The van der Waals surface area contributed by atoms with Crippen LogP contribution in [0.2, 0.25) is 0 Å². The molecular weight excluding hydrogens is 266 g/mol. The highest BCUT2D eigenvalue weighted by Crippen LogP contribution is 2.33. The monoisotopic (exact) mass is 283 g/mol. The van der Waals surface area contributed by atoms with Crippen molar-refractivity contribution in [1.29, 1.82) is 0 Å². The summed E-state index contributed by atoms with van der Waals surface area (Å²) in [6.45, 7) is 3.37. The molecule has 0 aromatic heterocycles. The minimum atomic E-state index is -1.20. The lowest BCUT2D eigenvalue weighted by molar-refractivity contribution is 0.0697. The van der Waals surface area contributed by atoms with Crippen LogP contribution in [-0.4, -0.2) is 37.5 Å². The molecule has 1 aromatic carbocycles. The Bertz CT molecular complexity index is 512. The molecule has 20 heavy (non-hydrogen) atoms. The highest BCUT2D eigenvalue weighted by molar-refractivity contribution is 5.99. The van der Waals surface area contributed by atoms with Gasteiger partial charge in [-0.25, -0.2) is 9.59 Å². The summed E-state index contributed by atoms with van der Waals surface area (Å²) in [7, 11) is 2.80. The molecule has 0 fully saturated rings. The van der Waals surface area contributed by atoms with Gasteiger partial charge in [-0.05, 0) is 13.8 Å². The first kappa shape index (κ1) is 15.6. The number of aromatic carboxylic acids is 1. The van der Waals surface area contributed by atoms with Crippen LogP contribution in [0, 0.1) is 0 Å². The molecule has 1 aromatic rings. The molecule has 0 heterocycles. The Morgan fingerprint density at radius 3 is 2.15 bits per heavy atom. The fourth-order valence-electron chi connectivity index (χ4n) is 1.51. The number of benzene rings is 1. The van der Waals surface area contributed by atoms with E-state index in [1.807, 2.05) is 0 Å². The number of amides is 1. The van der Waals surface area contributed by atoms with E-state index in [1.165, 1.54) is 26.4 Å². The number of carboxylic acid groups (broad SMARTS) is 1. The number of rotatable bonds is 5. The average molecular weight is 283 g/mol. The van der Waals surface area contributed by atoms with Crippen LogP contribution in [-0.2, 0) is 4.74 Å². The van der Waals surface area contributed by atoms with Crippen molar-refractivity contribution in [2.45, 2.75) is 20.0 Å². The summed E-state index contributed by atoms with van der Waals surface area (Å²) >= 11 is 0. The normalized spacial score (nSPS) is 10.1. The Hall–Kier alpha value is -2.44. The molecule has 0 aliphatic rings. The van der Waals surface area contributed by atoms with Gasteiger partial charge in [-0.2, -0.15) is 0 Å². The Morgan fingerprint density at radius 2 is 1.70 bits per heavy atom. The highest BCUT2D eigenvalue weighted by atomic mass is 16.6. The van der Waals surface area contributed by atoms with Gasteiger partial charge in [0.15, 0.2) is 11.5 Å². The number of nitrogens with one attached hydrogen (secondary N) is 1. The molecule has 0 unspecified atom stereocenters. The summed E-state index contributed by atoms with van der Waals surface area (Å²) in [5, 5.41) is 11.5. The Balaban J connectivity index is 3.15. The van der Waals surface area contributed by atoms with Gasteiger partial charge < -0.3 is 19.3 Å². The van der Waals surface area contributed by atoms with Gasteiger partial charge in [-0.1, -0.05) is 0 Å². The van der Waals surface area contributed by atoms with E-state index in [4.69, 9.17) is 19.3 Å². The number of ether oxygens (including phenoxy) is 3. The van der Waals surface area contributed by atoms with E-state index < -0.39 is 12.1 Å². The molecule has 0 radical (unpaired) electrons. The molecule has 110 valence electrons. The molecule has 7 heteroatoms. The third kappa shape index (κ3) is 3.78. The first-order valence-electron chi connectivity index (χ1n) is 5.86. The predicted molar refractivity (Wildman–Crippen MR) is 71.7 cm³/mol. The van der Waals surface area contributed by atoms with Gasteiger partial charge in [0, 0.05) is 12.1 Å². The van der Waals surface area contributed by atoms with Gasteiger partial charge in [0.25, 0.3) is 0 Å². The molecule has 0 spiro atoms. The van der Waals surface area contributed by atoms with E-state index in [2.05, 4.69) is 5.32 Å². The van der Waals surface area contributed by atoms with Crippen molar-refractivity contribution in [3.8, 4) is 11.5 Å². The maximum Gasteiger partial charge on any atom is 0.411 e. The molecule has 1 rings (SSSR count). The topological polar surface area (TPSA) is 94.1 Å². The van der Waals surface area contributed by atoms with Crippen LogP contribution >= 0.6 is 0 Å². The number of hydrogen-bond acceptors (Lipinski definition) is 5. The second-order valence-corrected chi connectivity index (χ2v) is 4.14. The molecule has 0 saturated heterocycles. The molecule has 0 atom stereocenters. The second-order valence-electron chi connectivity index (χ2n) is 4.14. The van der Waals surface area contributed by atoms with Crippen molar-refractivity contribution in [3.63, 3.8) is 0 Å². The Morgan fingerprint density at radius 1 is 1.15 bits per heavy atom. The van der Waals surface area contributed by atoms with E-state index in [0.29, 0.717) is 5.75 Å². The summed E-state index contributed by atoms with van der Waals surface area (Å²) in [4.78, 5) is 22.8. The second kappa shape index (κ2) is 6.65. The summed E-state index contributed by atoms with van der Waals surface area (Å²) in [6.07, 6.45) is -1.06. The molecule has 1 amide bonds. The van der Waals surface area contributed by atoms with Crippen LogP contribution in [0.1, 0.15) is 24.2 Å². The van der Waals surface area contributed by atoms with E-state index in [9.17, 15) is 9.59 Å². The van der Waals surface area contributed by atoms with Crippen molar-refractivity contribution in [2.24, 2.45) is 0 Å². The average Bonchev–Trinajstić information content (AvgIpc) is 2.36. The minimum Gasteiger partial charge on any atom is -0.493 e. The maximum atomic E-state index is 11.6. The zero-order valence-electron chi connectivity index (χ0n) is 11.7. The van der Waals surface area contributed by atoms with Crippen LogP contribution in [0.3, 0.4) is 0 Å². The number of carbonyl (C=O) groups is 2. The van der Waals surface area contributed by atoms with E-state index in [1.54, 1.807) is 13.8 Å². The third-order valence-corrected chi connectivity index (χ3v) is 2.33. The van der Waals surface area contributed by atoms with Crippen LogP contribution < -0.4 is 14.8 Å². The fraction of sp³-hybridized carbons (Fsp3) is 0.385. The highest BCUT2D eigenvalue weighted by Gasteiger charge is 2.18. The van der Waals surface area contributed by atoms with Crippen molar-refractivity contribution in [2.75, 3.05) is 19.5 Å². The summed E-state index contributed by atoms with van der Waals surface area (Å²) in [6, 6.07) is 2.63. The third-order valence-electron chi connectivity index (χ3n) is 2.33. The van der Waals surface area contributed by atoms with Gasteiger partial charge in [0.2, 0.25) is 0 Å². The summed E-state index contributed by atoms with van der Waals surface area (Å²) in [5.74, 6) is -0.643. The molecule has 7 nitrogen and oxygen atoms in total. The van der Waals surface area contributed by atoms with Crippen LogP contribution in [0.15, 0.2) is 12.1 Å². The summed E-state index contributed by atoms with van der Waals surface area (Å²) < 4.78 is 15.0. The first-order valence-corrected chi connectivity index (χ1v) is 5.86. The van der Waals surface area contributed by atoms with Crippen molar-refractivity contribution >= 4 is 17.7 Å². The lowest BCUT2D eigenvalue weighted by Crippen LogP contribution is -2.19. The van der Waals surface area contributed by atoms with Crippen LogP contribution in [0.5, 0.6) is 11.5 Å². The fourth-order valence-corrected chi connectivity index (χ4v) is 1.51. The number of hydrogen-bond donors (Lipinski definition) is 2. The van der Waals surface area contributed by atoms with Gasteiger partial charge >= 0.3 is 12.1 Å². The largest absolute Gasteiger partial charge is 0.493 e. The molecule has 0 aliphatic carbocycles. The van der Waals surface area contributed by atoms with Crippen LogP contribution in [0.4, 0.5) is 10.5 Å². The first-order chi connectivity index (χ1) is 9.38. The summed E-state index contributed by atoms with van der Waals surface area (Å²) in [5.41, 5.74) is -0.0517. The number of methoxy groups -OCH3 is 2. The number of anilines is 1. The van der Waals surface area contributed by atoms with Gasteiger partial charge in [0.05, 0.1) is 31.6 Å². The van der Waals surface area contributed by atoms with Crippen molar-refractivity contribution in [3.05, 3.63) is 17.7 Å². The van der Waals surface area contributed by atoms with Gasteiger partial charge in [0.1, 0.15) is 0 Å². The molecular formula is C13H17NO6. The SMILES string of the molecule is COc1cc(NC(=O)OC(C)C)c(C(=O)O)cc1OC. The van der Waals surface area contributed by atoms with Gasteiger partial charge in [-0.3, -0.25) is 5.32 Å².